The molecule has 0 aromatic heterocycles. The van der Waals surface area contributed by atoms with Crippen molar-refractivity contribution in [3.05, 3.63) is 64.1 Å². The number of carbonyl (C=O) groups excluding carboxylic acids is 1. The fourth-order valence-electron chi connectivity index (χ4n) is 2.98. The van der Waals surface area contributed by atoms with Crippen LogP contribution >= 0.6 is 15.9 Å². The molecule has 3 rings (SSSR count). The number of anilines is 1. The van der Waals surface area contributed by atoms with Gasteiger partial charge in [-0.25, -0.2) is 8.42 Å². The van der Waals surface area contributed by atoms with Crippen LogP contribution < -0.4 is 5.32 Å². The second kappa shape index (κ2) is 8.52. The second-order valence-electron chi connectivity index (χ2n) is 6.60. The minimum Gasteiger partial charge on any atom is -0.322 e. The summed E-state index contributed by atoms with van der Waals surface area (Å²) in [6.45, 7) is 3.20. The molecule has 1 heterocycles. The van der Waals surface area contributed by atoms with Crippen molar-refractivity contribution in [3.63, 3.8) is 0 Å². The number of rotatable bonds is 5. The average molecular weight is 452 g/mol. The van der Waals surface area contributed by atoms with Gasteiger partial charge in [-0.2, -0.15) is 4.31 Å². The zero-order chi connectivity index (χ0) is 19.4. The van der Waals surface area contributed by atoms with Crippen LogP contribution in [-0.2, 0) is 16.6 Å². The smallest absolute Gasteiger partial charge is 0.255 e. The molecule has 1 aliphatic rings. The minimum atomic E-state index is -3.11. The lowest BCUT2D eigenvalue weighted by molar-refractivity contribution is 0.102. The topological polar surface area (TPSA) is 69.7 Å². The predicted octanol–water partition coefficient (Wildman–Crippen LogP) is 2.78. The summed E-state index contributed by atoms with van der Waals surface area (Å²) in [5.41, 5.74) is 2.45. The first-order chi connectivity index (χ1) is 12.8. The summed E-state index contributed by atoms with van der Waals surface area (Å²) in [6.07, 6.45) is 1.25. The number of halogens is 1. The number of sulfonamides is 1. The third-order valence-electron chi connectivity index (χ3n) is 4.52. The molecule has 2 aromatic carbocycles. The van der Waals surface area contributed by atoms with E-state index in [1.165, 1.54) is 10.6 Å². The summed E-state index contributed by atoms with van der Waals surface area (Å²) >= 11 is 3.37. The van der Waals surface area contributed by atoms with E-state index in [0.29, 0.717) is 31.7 Å². The maximum atomic E-state index is 12.3. The molecule has 2 aromatic rings. The molecule has 0 radical (unpaired) electrons. The van der Waals surface area contributed by atoms with Crippen LogP contribution in [0, 0.1) is 0 Å². The average Bonchev–Trinajstić information content (AvgIpc) is 2.64. The Balaban J connectivity index is 1.54. The van der Waals surface area contributed by atoms with Crippen LogP contribution in [0.5, 0.6) is 0 Å². The van der Waals surface area contributed by atoms with Crippen molar-refractivity contribution in [1.29, 1.82) is 0 Å². The highest BCUT2D eigenvalue weighted by Gasteiger charge is 2.23. The lowest BCUT2D eigenvalue weighted by Gasteiger charge is -2.33. The standard InChI is InChI=1S/C19H22BrN3O3S/c1-27(25,26)23-12-10-22(11-13-23)14-15-2-4-16(5-3-15)19(24)21-18-8-6-17(20)7-9-18/h2-9H,10-14H2,1H3,(H,21,24). The van der Waals surface area contributed by atoms with Crippen LogP contribution in [0.2, 0.25) is 0 Å². The van der Waals surface area contributed by atoms with Crippen LogP contribution in [-0.4, -0.2) is 56.0 Å². The number of carbonyl (C=O) groups is 1. The van der Waals surface area contributed by atoms with Crippen molar-refractivity contribution in [2.75, 3.05) is 37.8 Å². The van der Waals surface area contributed by atoms with Gasteiger partial charge in [-0.1, -0.05) is 28.1 Å². The zero-order valence-electron chi connectivity index (χ0n) is 15.1. The molecule has 0 unspecified atom stereocenters. The summed E-state index contributed by atoms with van der Waals surface area (Å²) in [6, 6.07) is 15.0. The molecule has 0 aliphatic carbocycles. The van der Waals surface area contributed by atoms with Crippen molar-refractivity contribution in [2.45, 2.75) is 6.54 Å². The number of nitrogens with one attached hydrogen (secondary N) is 1. The van der Waals surface area contributed by atoms with Crippen molar-refractivity contribution < 1.29 is 13.2 Å². The highest BCUT2D eigenvalue weighted by atomic mass is 79.9. The normalized spacial score (nSPS) is 16.2. The van der Waals surface area contributed by atoms with E-state index in [1.54, 1.807) is 0 Å². The van der Waals surface area contributed by atoms with Gasteiger partial charge in [0, 0.05) is 48.4 Å². The van der Waals surface area contributed by atoms with Gasteiger partial charge < -0.3 is 5.32 Å². The van der Waals surface area contributed by atoms with Crippen LogP contribution in [0.4, 0.5) is 5.69 Å². The Morgan fingerprint density at radius 2 is 1.59 bits per heavy atom. The van der Waals surface area contributed by atoms with E-state index in [2.05, 4.69) is 26.1 Å². The Hall–Kier alpha value is -1.74. The highest BCUT2D eigenvalue weighted by Crippen LogP contribution is 2.16. The minimum absolute atomic E-state index is 0.148. The summed E-state index contributed by atoms with van der Waals surface area (Å²) < 4.78 is 25.6. The van der Waals surface area contributed by atoms with E-state index in [9.17, 15) is 13.2 Å². The largest absolute Gasteiger partial charge is 0.322 e. The van der Waals surface area contributed by atoms with Gasteiger partial charge in [-0.3, -0.25) is 9.69 Å². The molecule has 1 fully saturated rings. The SMILES string of the molecule is CS(=O)(=O)N1CCN(Cc2ccc(C(=O)Nc3ccc(Br)cc3)cc2)CC1. The fourth-order valence-corrected chi connectivity index (χ4v) is 4.07. The number of piperazine rings is 1. The Morgan fingerprint density at radius 1 is 1.00 bits per heavy atom. The predicted molar refractivity (Wildman–Crippen MR) is 110 cm³/mol. The number of benzene rings is 2. The van der Waals surface area contributed by atoms with E-state index in [1.807, 2.05) is 48.5 Å². The first kappa shape index (κ1) is 20.0. The van der Waals surface area contributed by atoms with E-state index >= 15 is 0 Å². The molecular weight excluding hydrogens is 430 g/mol. The number of hydrogen-bond donors (Lipinski definition) is 1. The molecule has 1 amide bonds. The van der Waals surface area contributed by atoms with Crippen LogP contribution in [0.1, 0.15) is 15.9 Å². The highest BCUT2D eigenvalue weighted by molar-refractivity contribution is 9.10. The summed E-state index contributed by atoms with van der Waals surface area (Å²) in [4.78, 5) is 14.6. The van der Waals surface area contributed by atoms with Crippen molar-refractivity contribution in [1.82, 2.24) is 9.21 Å². The third kappa shape index (κ3) is 5.62. The molecule has 6 nitrogen and oxygen atoms in total. The van der Waals surface area contributed by atoms with Gasteiger partial charge in [0.25, 0.3) is 5.91 Å². The first-order valence-electron chi connectivity index (χ1n) is 8.64. The van der Waals surface area contributed by atoms with Crippen LogP contribution in [0.3, 0.4) is 0 Å². The van der Waals surface area contributed by atoms with E-state index < -0.39 is 10.0 Å². The van der Waals surface area contributed by atoms with Gasteiger partial charge in [0.15, 0.2) is 0 Å². The fraction of sp³-hybridized carbons (Fsp3) is 0.316. The van der Waals surface area contributed by atoms with Gasteiger partial charge in [0.1, 0.15) is 0 Å². The van der Waals surface area contributed by atoms with Gasteiger partial charge in [-0.15, -0.1) is 0 Å². The van der Waals surface area contributed by atoms with Crippen LogP contribution in [0.25, 0.3) is 0 Å². The van der Waals surface area contributed by atoms with E-state index in [0.717, 1.165) is 22.3 Å². The molecule has 0 saturated carbocycles. The van der Waals surface area contributed by atoms with Crippen molar-refractivity contribution in [2.24, 2.45) is 0 Å². The van der Waals surface area contributed by atoms with Crippen molar-refractivity contribution in [3.8, 4) is 0 Å². The molecule has 1 N–H and O–H groups in total. The second-order valence-corrected chi connectivity index (χ2v) is 9.49. The summed E-state index contributed by atoms with van der Waals surface area (Å²) in [5, 5.41) is 2.87. The monoisotopic (exact) mass is 451 g/mol. The number of hydrogen-bond acceptors (Lipinski definition) is 4. The molecule has 8 heteroatoms. The maximum absolute atomic E-state index is 12.3. The molecule has 1 saturated heterocycles. The van der Waals surface area contributed by atoms with Gasteiger partial charge in [-0.05, 0) is 42.0 Å². The molecule has 0 spiro atoms. The first-order valence-corrected chi connectivity index (χ1v) is 11.3. The maximum Gasteiger partial charge on any atom is 0.255 e. The number of amides is 1. The Bertz CT molecular complexity index is 891. The van der Waals surface area contributed by atoms with E-state index in [-0.39, 0.29) is 5.91 Å². The molecule has 27 heavy (non-hydrogen) atoms. The Kier molecular flexibility index (Phi) is 6.31. The summed E-state index contributed by atoms with van der Waals surface area (Å²) in [7, 11) is -3.11. The molecular formula is C19H22BrN3O3S. The Labute approximate surface area is 168 Å². The number of nitrogens with zero attached hydrogens (tertiary/aromatic N) is 2. The summed E-state index contributed by atoms with van der Waals surface area (Å²) in [5.74, 6) is -0.148. The molecule has 0 atom stereocenters. The van der Waals surface area contributed by atoms with Crippen molar-refractivity contribution >= 4 is 37.5 Å². The molecule has 144 valence electrons. The van der Waals surface area contributed by atoms with Gasteiger partial charge in [0.05, 0.1) is 6.26 Å². The molecule has 1 aliphatic heterocycles. The third-order valence-corrected chi connectivity index (χ3v) is 6.36. The van der Waals surface area contributed by atoms with Gasteiger partial charge in [0.2, 0.25) is 10.0 Å². The zero-order valence-corrected chi connectivity index (χ0v) is 17.5. The van der Waals surface area contributed by atoms with Crippen LogP contribution in [0.15, 0.2) is 53.0 Å². The lowest BCUT2D eigenvalue weighted by Crippen LogP contribution is -2.47. The van der Waals surface area contributed by atoms with E-state index in [4.69, 9.17) is 0 Å². The molecule has 0 bridgehead atoms. The Morgan fingerprint density at radius 3 is 2.15 bits per heavy atom. The van der Waals surface area contributed by atoms with Gasteiger partial charge >= 0.3 is 0 Å². The lowest BCUT2D eigenvalue weighted by atomic mass is 10.1. The quantitative estimate of drug-likeness (QED) is 0.758.